The smallest absolute Gasteiger partial charge is 0.311 e. The first-order valence-electron chi connectivity index (χ1n) is 6.49. The average molecular weight is 338 g/mol. The lowest BCUT2D eigenvalue weighted by atomic mass is 10.2. The zero-order chi connectivity index (χ0) is 17.0. The molecule has 124 valence electrons. The highest BCUT2D eigenvalue weighted by Crippen LogP contribution is 2.31. The van der Waals surface area contributed by atoms with Crippen LogP contribution in [0.15, 0.2) is 24.3 Å². The van der Waals surface area contributed by atoms with Crippen LogP contribution in [0.2, 0.25) is 0 Å². The summed E-state index contributed by atoms with van der Waals surface area (Å²) in [6.45, 7) is 2.52. The van der Waals surface area contributed by atoms with Crippen LogP contribution in [0.4, 0.5) is 18.9 Å². The second kappa shape index (κ2) is 7.10. The Hall–Kier alpha value is -1.61. The number of alkyl halides is 3. The van der Waals surface area contributed by atoms with E-state index in [0.717, 1.165) is 17.0 Å². The summed E-state index contributed by atoms with van der Waals surface area (Å²) in [6, 6.07) is 4.33. The molecule has 1 rings (SSSR count). The first-order valence-corrected chi connectivity index (χ1v) is 8.14. The van der Waals surface area contributed by atoms with Gasteiger partial charge in [0.15, 0.2) is 0 Å². The summed E-state index contributed by atoms with van der Waals surface area (Å²) in [5.74, 6) is -0.591. The molecule has 0 aromatic heterocycles. The standard InChI is InChI=1S/C13H17F3N2O3S/c1-3-22(20,21)17-7-8-18(10(2)19)12-6-4-5-11(9-12)13(14,15)16/h4-6,9,17H,3,7-8H2,1-2H3. The summed E-state index contributed by atoms with van der Waals surface area (Å²) in [5, 5.41) is 0. The van der Waals surface area contributed by atoms with Gasteiger partial charge in [-0.2, -0.15) is 13.2 Å². The Kier molecular flexibility index (Phi) is 5.95. The Morgan fingerprint density at radius 3 is 2.45 bits per heavy atom. The molecule has 0 aliphatic rings. The van der Waals surface area contributed by atoms with Crippen molar-refractivity contribution in [2.24, 2.45) is 0 Å². The average Bonchev–Trinajstić information content (AvgIpc) is 2.42. The van der Waals surface area contributed by atoms with E-state index in [1.807, 2.05) is 0 Å². The second-order valence-electron chi connectivity index (χ2n) is 4.52. The minimum Gasteiger partial charge on any atom is -0.311 e. The first kappa shape index (κ1) is 18.4. The molecular formula is C13H17F3N2O3S. The minimum atomic E-state index is -4.51. The fourth-order valence-electron chi connectivity index (χ4n) is 1.73. The predicted molar refractivity (Wildman–Crippen MR) is 76.9 cm³/mol. The Morgan fingerprint density at radius 1 is 1.32 bits per heavy atom. The molecule has 1 aromatic carbocycles. The lowest BCUT2D eigenvalue weighted by Crippen LogP contribution is -2.38. The summed E-state index contributed by atoms with van der Waals surface area (Å²) in [4.78, 5) is 12.7. The number of halogens is 3. The number of nitrogens with zero attached hydrogens (tertiary/aromatic N) is 1. The van der Waals surface area contributed by atoms with E-state index >= 15 is 0 Å². The van der Waals surface area contributed by atoms with Gasteiger partial charge in [0.05, 0.1) is 11.3 Å². The van der Waals surface area contributed by atoms with E-state index in [1.54, 1.807) is 0 Å². The number of hydrogen-bond acceptors (Lipinski definition) is 3. The van der Waals surface area contributed by atoms with Crippen LogP contribution in [0.25, 0.3) is 0 Å². The fourth-order valence-corrected chi connectivity index (χ4v) is 2.34. The number of carbonyl (C=O) groups is 1. The van der Waals surface area contributed by atoms with E-state index < -0.39 is 27.7 Å². The molecule has 1 amide bonds. The monoisotopic (exact) mass is 338 g/mol. The molecule has 0 saturated carbocycles. The Bertz CT molecular complexity index is 630. The lowest BCUT2D eigenvalue weighted by Gasteiger charge is -2.22. The van der Waals surface area contributed by atoms with Crippen LogP contribution in [-0.2, 0) is 21.0 Å². The summed E-state index contributed by atoms with van der Waals surface area (Å²) in [6.07, 6.45) is -4.51. The van der Waals surface area contributed by atoms with Crippen molar-refractivity contribution in [1.82, 2.24) is 4.72 Å². The van der Waals surface area contributed by atoms with Crippen LogP contribution < -0.4 is 9.62 Å². The number of anilines is 1. The Balaban J connectivity index is 2.91. The maximum Gasteiger partial charge on any atom is 0.416 e. The molecular weight excluding hydrogens is 321 g/mol. The molecule has 0 unspecified atom stereocenters. The van der Waals surface area contributed by atoms with Crippen molar-refractivity contribution < 1.29 is 26.4 Å². The van der Waals surface area contributed by atoms with Gasteiger partial charge in [-0.05, 0) is 25.1 Å². The van der Waals surface area contributed by atoms with Crippen LogP contribution in [-0.4, -0.2) is 33.2 Å². The van der Waals surface area contributed by atoms with Crippen molar-refractivity contribution in [3.8, 4) is 0 Å². The number of amides is 1. The van der Waals surface area contributed by atoms with Gasteiger partial charge in [0.2, 0.25) is 15.9 Å². The maximum absolute atomic E-state index is 12.7. The van der Waals surface area contributed by atoms with Crippen molar-refractivity contribution in [3.05, 3.63) is 29.8 Å². The van der Waals surface area contributed by atoms with Gasteiger partial charge >= 0.3 is 6.18 Å². The highest BCUT2D eigenvalue weighted by atomic mass is 32.2. The topological polar surface area (TPSA) is 66.5 Å². The van der Waals surface area contributed by atoms with E-state index in [9.17, 15) is 26.4 Å². The largest absolute Gasteiger partial charge is 0.416 e. The third-order valence-electron chi connectivity index (χ3n) is 2.90. The number of sulfonamides is 1. The molecule has 0 heterocycles. The number of hydrogen-bond donors (Lipinski definition) is 1. The fraction of sp³-hybridized carbons (Fsp3) is 0.462. The molecule has 1 N–H and O–H groups in total. The van der Waals surface area contributed by atoms with Gasteiger partial charge in [-0.15, -0.1) is 0 Å². The van der Waals surface area contributed by atoms with E-state index in [2.05, 4.69) is 4.72 Å². The zero-order valence-electron chi connectivity index (χ0n) is 12.1. The van der Waals surface area contributed by atoms with Gasteiger partial charge in [0, 0.05) is 25.7 Å². The van der Waals surface area contributed by atoms with Crippen molar-refractivity contribution in [2.75, 3.05) is 23.7 Å². The third kappa shape index (κ3) is 5.30. The molecule has 22 heavy (non-hydrogen) atoms. The Labute approximate surface area is 127 Å². The Morgan fingerprint density at radius 2 is 1.95 bits per heavy atom. The molecule has 0 radical (unpaired) electrons. The second-order valence-corrected chi connectivity index (χ2v) is 6.61. The molecule has 0 atom stereocenters. The van der Waals surface area contributed by atoms with Gasteiger partial charge in [0.25, 0.3) is 0 Å². The molecule has 0 fully saturated rings. The predicted octanol–water partition coefficient (Wildman–Crippen LogP) is 2.00. The SMILES string of the molecule is CCS(=O)(=O)NCCN(C(C)=O)c1cccc(C(F)(F)F)c1. The lowest BCUT2D eigenvalue weighted by molar-refractivity contribution is -0.137. The first-order chi connectivity index (χ1) is 10.1. The van der Waals surface area contributed by atoms with Crippen molar-refractivity contribution in [2.45, 2.75) is 20.0 Å². The number of rotatable bonds is 6. The molecule has 0 aliphatic carbocycles. The van der Waals surface area contributed by atoms with Gasteiger partial charge in [-0.1, -0.05) is 6.07 Å². The van der Waals surface area contributed by atoms with Gasteiger partial charge in [-0.3, -0.25) is 4.79 Å². The van der Waals surface area contributed by atoms with Crippen molar-refractivity contribution >= 4 is 21.6 Å². The number of carbonyl (C=O) groups excluding carboxylic acids is 1. The van der Waals surface area contributed by atoms with Crippen molar-refractivity contribution in [1.29, 1.82) is 0 Å². The van der Waals surface area contributed by atoms with Crippen molar-refractivity contribution in [3.63, 3.8) is 0 Å². The third-order valence-corrected chi connectivity index (χ3v) is 4.31. The van der Waals surface area contributed by atoms with Crippen LogP contribution in [0.1, 0.15) is 19.4 Å². The van der Waals surface area contributed by atoms with Crippen LogP contribution in [0.3, 0.4) is 0 Å². The molecule has 9 heteroatoms. The molecule has 1 aromatic rings. The van der Waals surface area contributed by atoms with Crippen LogP contribution >= 0.6 is 0 Å². The highest BCUT2D eigenvalue weighted by molar-refractivity contribution is 7.89. The van der Waals surface area contributed by atoms with E-state index in [1.165, 1.54) is 26.0 Å². The van der Waals surface area contributed by atoms with E-state index in [-0.39, 0.29) is 24.5 Å². The number of nitrogens with one attached hydrogen (secondary N) is 1. The van der Waals surface area contributed by atoms with Crippen LogP contribution in [0.5, 0.6) is 0 Å². The molecule has 0 spiro atoms. The quantitative estimate of drug-likeness (QED) is 0.863. The normalized spacial score (nSPS) is 12.2. The highest BCUT2D eigenvalue weighted by Gasteiger charge is 2.31. The van der Waals surface area contributed by atoms with Gasteiger partial charge < -0.3 is 4.90 Å². The van der Waals surface area contributed by atoms with Gasteiger partial charge in [-0.25, -0.2) is 13.1 Å². The van der Waals surface area contributed by atoms with E-state index in [0.29, 0.717) is 0 Å². The summed E-state index contributed by atoms with van der Waals surface area (Å²) >= 11 is 0. The summed E-state index contributed by atoms with van der Waals surface area (Å²) < 4.78 is 63.0. The summed E-state index contributed by atoms with van der Waals surface area (Å²) in [7, 11) is -3.42. The van der Waals surface area contributed by atoms with Crippen LogP contribution in [0, 0.1) is 0 Å². The van der Waals surface area contributed by atoms with Gasteiger partial charge in [0.1, 0.15) is 0 Å². The number of benzene rings is 1. The molecule has 5 nitrogen and oxygen atoms in total. The minimum absolute atomic E-state index is 0.0596. The maximum atomic E-state index is 12.7. The zero-order valence-corrected chi connectivity index (χ0v) is 13.0. The molecule has 0 saturated heterocycles. The summed E-state index contributed by atoms with van der Waals surface area (Å²) in [5.41, 5.74) is -0.802. The molecule has 0 bridgehead atoms. The van der Waals surface area contributed by atoms with E-state index in [4.69, 9.17) is 0 Å². The molecule has 0 aliphatic heterocycles.